The minimum absolute atomic E-state index is 0. The van der Waals surface area contributed by atoms with Gasteiger partial charge in [0.05, 0.1) is 5.69 Å². The van der Waals surface area contributed by atoms with Crippen LogP contribution in [0.15, 0.2) is 35.1 Å². The molecule has 0 fully saturated rings. The Bertz CT molecular complexity index is 557. The van der Waals surface area contributed by atoms with E-state index in [0.29, 0.717) is 5.69 Å². The second kappa shape index (κ2) is 5.58. The van der Waals surface area contributed by atoms with Gasteiger partial charge < -0.3 is 5.32 Å². The number of hydrogen-bond acceptors (Lipinski definition) is 1. The molecule has 0 saturated heterocycles. The van der Waals surface area contributed by atoms with Gasteiger partial charge >= 0.3 is 29.6 Å². The molecular weight excluding hydrogens is 225 g/mol. The van der Waals surface area contributed by atoms with Crippen molar-refractivity contribution in [1.29, 1.82) is 0 Å². The van der Waals surface area contributed by atoms with Crippen molar-refractivity contribution in [3.8, 4) is 5.69 Å². The maximum absolute atomic E-state index is 12.1. The first kappa shape index (κ1) is 14.1. The first-order valence-electron chi connectivity index (χ1n) is 5.10. The van der Waals surface area contributed by atoms with Crippen molar-refractivity contribution in [3.63, 3.8) is 0 Å². The largest absolute Gasteiger partial charge is 1.00 e. The topological polar surface area (TPSA) is 41.0 Å². The van der Waals surface area contributed by atoms with E-state index in [4.69, 9.17) is 0 Å². The molecule has 0 amide bonds. The molecule has 17 heavy (non-hydrogen) atoms. The molecule has 0 aliphatic heterocycles. The average Bonchev–Trinajstić information content (AvgIpc) is 2.51. The fraction of sp³-hybridized carbons (Fsp3) is 0.250. The van der Waals surface area contributed by atoms with E-state index in [1.165, 1.54) is 0 Å². The van der Waals surface area contributed by atoms with E-state index in [1.54, 1.807) is 11.7 Å². The molecule has 0 saturated carbocycles. The molecule has 1 aromatic carbocycles. The standard InChI is InChI=1S/C12H14N3O.Na/c1-9-11(13-2)12(16)15(14(9)3)10-7-5-4-6-8-10;/h4-8H,1-3H3;/q-1;+1. The Hall–Kier alpha value is -0.970. The van der Waals surface area contributed by atoms with E-state index in [0.717, 1.165) is 11.4 Å². The fourth-order valence-corrected chi connectivity index (χ4v) is 1.81. The average molecular weight is 239 g/mol. The zero-order chi connectivity index (χ0) is 11.7. The van der Waals surface area contributed by atoms with Gasteiger partial charge in [-0.15, -0.1) is 7.05 Å². The molecule has 1 heterocycles. The molecule has 0 aliphatic carbocycles. The van der Waals surface area contributed by atoms with Crippen molar-refractivity contribution < 1.29 is 29.6 Å². The summed E-state index contributed by atoms with van der Waals surface area (Å²) in [4.78, 5) is 12.1. The molecule has 0 aliphatic rings. The van der Waals surface area contributed by atoms with Crippen LogP contribution in [0.2, 0.25) is 0 Å². The van der Waals surface area contributed by atoms with Gasteiger partial charge in [-0.1, -0.05) is 18.2 Å². The van der Waals surface area contributed by atoms with E-state index in [1.807, 2.05) is 49.0 Å². The van der Waals surface area contributed by atoms with E-state index >= 15 is 0 Å². The molecule has 84 valence electrons. The number of aromatic nitrogens is 2. The van der Waals surface area contributed by atoms with Crippen LogP contribution in [-0.2, 0) is 7.05 Å². The first-order chi connectivity index (χ1) is 7.66. The Morgan fingerprint density at radius 3 is 2.24 bits per heavy atom. The van der Waals surface area contributed by atoms with Gasteiger partial charge in [0.25, 0.3) is 5.56 Å². The van der Waals surface area contributed by atoms with Gasteiger partial charge in [0, 0.05) is 12.7 Å². The predicted octanol–water partition coefficient (Wildman–Crippen LogP) is -0.877. The Kier molecular flexibility index (Phi) is 4.62. The molecule has 2 aromatic rings. The summed E-state index contributed by atoms with van der Waals surface area (Å²) in [7, 11) is 3.50. The summed E-state index contributed by atoms with van der Waals surface area (Å²) in [6.45, 7) is 1.89. The van der Waals surface area contributed by atoms with Crippen molar-refractivity contribution in [2.75, 3.05) is 7.05 Å². The normalized spacial score (nSPS) is 9.82. The van der Waals surface area contributed by atoms with Gasteiger partial charge in [0.1, 0.15) is 0 Å². The molecule has 0 N–H and O–H groups in total. The molecule has 0 bridgehead atoms. The van der Waals surface area contributed by atoms with Crippen molar-refractivity contribution in [3.05, 3.63) is 51.7 Å². The number of para-hydroxylation sites is 1. The zero-order valence-electron chi connectivity index (χ0n) is 10.6. The molecule has 0 unspecified atom stereocenters. The first-order valence-corrected chi connectivity index (χ1v) is 5.10. The smallest absolute Gasteiger partial charge is 0.681 e. The second-order valence-corrected chi connectivity index (χ2v) is 3.63. The molecule has 0 atom stereocenters. The Labute approximate surface area is 123 Å². The molecule has 0 radical (unpaired) electrons. The van der Waals surface area contributed by atoms with Crippen LogP contribution in [0.5, 0.6) is 0 Å². The van der Waals surface area contributed by atoms with Gasteiger partial charge in [0.2, 0.25) is 0 Å². The molecule has 4 nitrogen and oxygen atoms in total. The molecule has 2 rings (SSSR count). The molecule has 1 aromatic heterocycles. The van der Waals surface area contributed by atoms with Gasteiger partial charge in [-0.25, -0.2) is 4.68 Å². The summed E-state index contributed by atoms with van der Waals surface area (Å²) in [6, 6.07) is 9.55. The SMILES string of the molecule is C[N-]c1c(C)n(C)n(-c2ccccc2)c1=O.[Na+]. The van der Waals surface area contributed by atoms with Crippen molar-refractivity contribution >= 4 is 5.69 Å². The molecule has 5 heteroatoms. The second-order valence-electron chi connectivity index (χ2n) is 3.63. The van der Waals surface area contributed by atoms with Crippen LogP contribution < -0.4 is 35.1 Å². The van der Waals surface area contributed by atoms with Crippen LogP contribution in [0.25, 0.3) is 11.0 Å². The third-order valence-electron chi connectivity index (χ3n) is 2.75. The monoisotopic (exact) mass is 239 g/mol. The third-order valence-corrected chi connectivity index (χ3v) is 2.75. The van der Waals surface area contributed by atoms with E-state index in [2.05, 4.69) is 5.32 Å². The van der Waals surface area contributed by atoms with E-state index < -0.39 is 0 Å². The minimum atomic E-state index is -0.0753. The Balaban J connectivity index is 0.00000144. The van der Waals surface area contributed by atoms with Gasteiger partial charge in [-0.3, -0.25) is 9.48 Å². The Morgan fingerprint density at radius 1 is 1.18 bits per heavy atom. The summed E-state index contributed by atoms with van der Waals surface area (Å²) < 4.78 is 3.44. The summed E-state index contributed by atoms with van der Waals surface area (Å²) in [5, 5.41) is 4.02. The summed E-state index contributed by atoms with van der Waals surface area (Å²) in [5.41, 5.74) is 2.17. The van der Waals surface area contributed by atoms with Gasteiger partial charge in [0.15, 0.2) is 0 Å². The summed E-state index contributed by atoms with van der Waals surface area (Å²) in [6.07, 6.45) is 0. The Morgan fingerprint density at radius 2 is 1.76 bits per heavy atom. The maximum Gasteiger partial charge on any atom is 1.00 e. The summed E-state index contributed by atoms with van der Waals surface area (Å²) in [5.74, 6) is 0. The quantitative estimate of drug-likeness (QED) is 0.628. The van der Waals surface area contributed by atoms with Crippen molar-refractivity contribution in [1.82, 2.24) is 9.36 Å². The van der Waals surface area contributed by atoms with Crippen LogP contribution in [0.4, 0.5) is 5.69 Å². The van der Waals surface area contributed by atoms with Gasteiger partial charge in [-0.05, 0) is 24.7 Å². The van der Waals surface area contributed by atoms with Crippen molar-refractivity contribution in [2.45, 2.75) is 6.92 Å². The number of rotatable bonds is 2. The zero-order valence-corrected chi connectivity index (χ0v) is 12.6. The molecular formula is C12H14N3NaO. The summed E-state index contributed by atoms with van der Waals surface area (Å²) >= 11 is 0. The number of hydrogen-bond donors (Lipinski definition) is 0. The van der Waals surface area contributed by atoms with Crippen LogP contribution in [-0.4, -0.2) is 16.4 Å². The molecule has 0 spiro atoms. The predicted molar refractivity (Wildman–Crippen MR) is 64.7 cm³/mol. The van der Waals surface area contributed by atoms with Crippen LogP contribution in [0, 0.1) is 6.92 Å². The van der Waals surface area contributed by atoms with Crippen LogP contribution >= 0.6 is 0 Å². The van der Waals surface area contributed by atoms with Crippen LogP contribution in [0.3, 0.4) is 0 Å². The van der Waals surface area contributed by atoms with E-state index in [-0.39, 0.29) is 35.1 Å². The number of nitrogens with zero attached hydrogens (tertiary/aromatic N) is 3. The van der Waals surface area contributed by atoms with Gasteiger partial charge in [-0.2, -0.15) is 0 Å². The number of benzene rings is 1. The van der Waals surface area contributed by atoms with E-state index in [9.17, 15) is 4.79 Å². The third kappa shape index (κ3) is 2.34. The minimum Gasteiger partial charge on any atom is -0.681 e. The van der Waals surface area contributed by atoms with Crippen LogP contribution in [0.1, 0.15) is 5.69 Å². The van der Waals surface area contributed by atoms with Crippen molar-refractivity contribution in [2.24, 2.45) is 7.05 Å². The fourth-order valence-electron chi connectivity index (χ4n) is 1.81. The maximum atomic E-state index is 12.1.